The van der Waals surface area contributed by atoms with Crippen LogP contribution in [0.2, 0.25) is 5.02 Å². The second-order valence-electron chi connectivity index (χ2n) is 7.38. The molecule has 0 saturated carbocycles. The van der Waals surface area contributed by atoms with Crippen LogP contribution in [0.3, 0.4) is 0 Å². The third-order valence-electron chi connectivity index (χ3n) is 5.20. The minimum absolute atomic E-state index is 0.392. The molecular weight excluding hydrogens is 428 g/mol. The van der Waals surface area contributed by atoms with Gasteiger partial charge in [0.15, 0.2) is 11.5 Å². The third-order valence-corrected chi connectivity index (χ3v) is 5.45. The Morgan fingerprint density at radius 3 is 2.00 bits per heavy atom. The monoisotopic (exact) mass is 454 g/mol. The first-order valence-corrected chi connectivity index (χ1v) is 10.6. The number of halogens is 1. The number of carbonyl (C=O) groups is 1. The van der Waals surface area contributed by atoms with E-state index in [9.17, 15) is 4.79 Å². The molecule has 1 atom stereocenters. The molecule has 5 nitrogen and oxygen atoms in total. The van der Waals surface area contributed by atoms with Gasteiger partial charge in [-0.3, -0.25) is 0 Å². The highest BCUT2D eigenvalue weighted by atomic mass is 35.5. The SMILES string of the molecule is COc1cc(CC[C@H](OC(=O)c2ccc(Cl)cc2)c2ccc(C)cc2)cc(OC)c1OC. The molecule has 0 N–H and O–H groups in total. The smallest absolute Gasteiger partial charge is 0.338 e. The minimum atomic E-state index is -0.419. The molecule has 0 fully saturated rings. The molecular formula is C26H27ClO5. The van der Waals surface area contributed by atoms with Gasteiger partial charge in [-0.15, -0.1) is 0 Å². The molecule has 0 amide bonds. The van der Waals surface area contributed by atoms with E-state index in [4.69, 9.17) is 30.5 Å². The van der Waals surface area contributed by atoms with Crippen LogP contribution in [-0.2, 0) is 11.2 Å². The van der Waals surface area contributed by atoms with Crippen LogP contribution in [-0.4, -0.2) is 27.3 Å². The Morgan fingerprint density at radius 1 is 0.875 bits per heavy atom. The summed E-state index contributed by atoms with van der Waals surface area (Å²) in [4.78, 5) is 12.8. The van der Waals surface area contributed by atoms with Gasteiger partial charge >= 0.3 is 5.97 Å². The molecule has 0 saturated heterocycles. The number of methoxy groups -OCH3 is 3. The van der Waals surface area contributed by atoms with Crippen molar-refractivity contribution in [2.24, 2.45) is 0 Å². The Bertz CT molecular complexity index is 1020. The van der Waals surface area contributed by atoms with Crippen molar-refractivity contribution in [1.29, 1.82) is 0 Å². The lowest BCUT2D eigenvalue weighted by molar-refractivity contribution is 0.0277. The van der Waals surface area contributed by atoms with Crippen LogP contribution in [0, 0.1) is 6.92 Å². The second kappa shape index (κ2) is 10.9. The number of benzene rings is 3. The lowest BCUT2D eigenvalue weighted by Gasteiger charge is -2.20. The predicted octanol–water partition coefficient (Wildman–Crippen LogP) is 6.21. The summed E-state index contributed by atoms with van der Waals surface area (Å²) in [5.74, 6) is 1.33. The van der Waals surface area contributed by atoms with Crippen LogP contribution in [0.25, 0.3) is 0 Å². The van der Waals surface area contributed by atoms with Crippen LogP contribution in [0.1, 0.15) is 39.6 Å². The molecule has 0 heterocycles. The van der Waals surface area contributed by atoms with E-state index in [0.29, 0.717) is 40.7 Å². The van der Waals surface area contributed by atoms with E-state index in [1.807, 2.05) is 43.3 Å². The Kier molecular flexibility index (Phi) is 8.01. The number of ether oxygens (including phenoxy) is 4. The second-order valence-corrected chi connectivity index (χ2v) is 7.82. The van der Waals surface area contributed by atoms with E-state index in [1.165, 1.54) is 0 Å². The van der Waals surface area contributed by atoms with Crippen molar-refractivity contribution in [3.63, 3.8) is 0 Å². The van der Waals surface area contributed by atoms with Gasteiger partial charge in [0.2, 0.25) is 5.75 Å². The van der Waals surface area contributed by atoms with E-state index in [2.05, 4.69) is 0 Å². The number of hydrogen-bond acceptors (Lipinski definition) is 5. The highest BCUT2D eigenvalue weighted by molar-refractivity contribution is 6.30. The molecule has 0 aromatic heterocycles. The van der Waals surface area contributed by atoms with E-state index in [1.54, 1.807) is 45.6 Å². The zero-order chi connectivity index (χ0) is 23.1. The Hall–Kier alpha value is -3.18. The van der Waals surface area contributed by atoms with Crippen molar-refractivity contribution in [3.8, 4) is 17.2 Å². The van der Waals surface area contributed by atoms with Crippen LogP contribution < -0.4 is 14.2 Å². The van der Waals surface area contributed by atoms with Crippen molar-refractivity contribution >= 4 is 17.6 Å². The van der Waals surface area contributed by atoms with Crippen molar-refractivity contribution in [2.45, 2.75) is 25.9 Å². The van der Waals surface area contributed by atoms with Crippen molar-refractivity contribution < 1.29 is 23.7 Å². The average Bonchev–Trinajstić information content (AvgIpc) is 2.81. The number of hydrogen-bond donors (Lipinski definition) is 0. The molecule has 0 spiro atoms. The van der Waals surface area contributed by atoms with Gasteiger partial charge in [0.05, 0.1) is 26.9 Å². The van der Waals surface area contributed by atoms with Crippen LogP contribution in [0.5, 0.6) is 17.2 Å². The first-order valence-electron chi connectivity index (χ1n) is 10.3. The summed E-state index contributed by atoms with van der Waals surface area (Å²) in [6.07, 6.45) is 0.808. The minimum Gasteiger partial charge on any atom is -0.493 e. The summed E-state index contributed by atoms with van der Waals surface area (Å²) in [6, 6.07) is 18.5. The maximum absolute atomic E-state index is 12.8. The van der Waals surface area contributed by atoms with Gasteiger partial charge in [0, 0.05) is 5.02 Å². The standard InChI is InChI=1S/C26H27ClO5/c1-17-5-8-19(9-6-17)22(32-26(28)20-10-12-21(27)13-11-20)14-7-18-15-23(29-2)25(31-4)24(16-18)30-3/h5-6,8-13,15-16,22H,7,14H2,1-4H3/t22-/m0/s1. The van der Waals surface area contributed by atoms with Crippen molar-refractivity contribution in [2.75, 3.05) is 21.3 Å². The predicted molar refractivity (Wildman–Crippen MR) is 125 cm³/mol. The number of aryl methyl sites for hydroxylation is 2. The van der Waals surface area contributed by atoms with Crippen LogP contribution >= 0.6 is 11.6 Å². The molecule has 3 aromatic rings. The molecule has 0 radical (unpaired) electrons. The lowest BCUT2D eigenvalue weighted by Crippen LogP contribution is -2.13. The van der Waals surface area contributed by atoms with E-state index < -0.39 is 12.1 Å². The summed E-state index contributed by atoms with van der Waals surface area (Å²) < 4.78 is 22.2. The molecule has 32 heavy (non-hydrogen) atoms. The van der Waals surface area contributed by atoms with E-state index >= 15 is 0 Å². The van der Waals surface area contributed by atoms with E-state index in [-0.39, 0.29) is 0 Å². The zero-order valence-corrected chi connectivity index (χ0v) is 19.4. The first-order chi connectivity index (χ1) is 15.4. The van der Waals surface area contributed by atoms with Gasteiger partial charge in [-0.2, -0.15) is 0 Å². The summed E-state index contributed by atoms with van der Waals surface area (Å²) in [5.41, 5.74) is 3.52. The maximum atomic E-state index is 12.8. The zero-order valence-electron chi connectivity index (χ0n) is 18.7. The van der Waals surface area contributed by atoms with Crippen LogP contribution in [0.15, 0.2) is 60.7 Å². The topological polar surface area (TPSA) is 54.0 Å². The van der Waals surface area contributed by atoms with E-state index in [0.717, 1.165) is 16.7 Å². The fourth-order valence-corrected chi connectivity index (χ4v) is 3.56. The van der Waals surface area contributed by atoms with Gasteiger partial charge in [-0.05, 0) is 67.3 Å². The molecule has 3 rings (SSSR count). The highest BCUT2D eigenvalue weighted by Gasteiger charge is 2.20. The maximum Gasteiger partial charge on any atom is 0.338 e. The largest absolute Gasteiger partial charge is 0.493 e. The molecule has 0 aliphatic carbocycles. The summed E-state index contributed by atoms with van der Waals surface area (Å²) in [5, 5.41) is 0.569. The van der Waals surface area contributed by atoms with Crippen molar-refractivity contribution in [3.05, 3.63) is 87.9 Å². The fraction of sp³-hybridized carbons (Fsp3) is 0.269. The Balaban J connectivity index is 1.83. The molecule has 0 aliphatic heterocycles. The summed E-state index contributed by atoms with van der Waals surface area (Å²) in [6.45, 7) is 2.02. The molecule has 3 aromatic carbocycles. The summed E-state index contributed by atoms with van der Waals surface area (Å²) in [7, 11) is 4.75. The van der Waals surface area contributed by atoms with Crippen LogP contribution in [0.4, 0.5) is 0 Å². The Morgan fingerprint density at radius 2 is 1.47 bits per heavy atom. The number of carbonyl (C=O) groups excluding carboxylic acids is 1. The molecule has 0 bridgehead atoms. The van der Waals surface area contributed by atoms with Gasteiger partial charge in [-0.25, -0.2) is 4.79 Å². The molecule has 0 unspecified atom stereocenters. The molecule has 168 valence electrons. The number of esters is 1. The highest BCUT2D eigenvalue weighted by Crippen LogP contribution is 2.39. The quantitative estimate of drug-likeness (QED) is 0.360. The average molecular weight is 455 g/mol. The normalized spacial score (nSPS) is 11.5. The first kappa shape index (κ1) is 23.5. The third kappa shape index (κ3) is 5.74. The molecule has 0 aliphatic rings. The summed E-state index contributed by atoms with van der Waals surface area (Å²) >= 11 is 5.94. The van der Waals surface area contributed by atoms with Gasteiger partial charge in [0.1, 0.15) is 6.10 Å². The van der Waals surface area contributed by atoms with Gasteiger partial charge in [0.25, 0.3) is 0 Å². The van der Waals surface area contributed by atoms with Crippen molar-refractivity contribution in [1.82, 2.24) is 0 Å². The fourth-order valence-electron chi connectivity index (χ4n) is 3.44. The van der Waals surface area contributed by atoms with Gasteiger partial charge in [-0.1, -0.05) is 41.4 Å². The molecule has 6 heteroatoms. The van der Waals surface area contributed by atoms with Gasteiger partial charge < -0.3 is 18.9 Å². The Labute approximate surface area is 193 Å². The lowest BCUT2D eigenvalue weighted by atomic mass is 9.99. The number of rotatable bonds is 9.